The number of hydrogen-bond acceptors (Lipinski definition) is 5. The molecule has 6 heteroatoms. The summed E-state index contributed by atoms with van der Waals surface area (Å²) in [5.74, 6) is 0.124. The molecule has 3 rings (SSSR count). The first-order valence-electron chi connectivity index (χ1n) is 9.22. The van der Waals surface area contributed by atoms with Gasteiger partial charge < -0.3 is 14.4 Å². The number of carbonyl (C=O) groups is 2. The Morgan fingerprint density at radius 3 is 2.46 bits per heavy atom. The molecule has 0 radical (unpaired) electrons. The quantitative estimate of drug-likeness (QED) is 0.305. The molecule has 0 aliphatic carbocycles. The Morgan fingerprint density at radius 1 is 1.18 bits per heavy atom. The van der Waals surface area contributed by atoms with E-state index < -0.39 is 11.3 Å². The maximum atomic E-state index is 12.6. The fourth-order valence-electron chi connectivity index (χ4n) is 2.95. The number of nitrogens with zero attached hydrogens (tertiary/aromatic N) is 1. The second-order valence-corrected chi connectivity index (χ2v) is 7.05. The molecule has 0 amide bonds. The molecule has 2 aromatic carbocycles. The van der Waals surface area contributed by atoms with Crippen LogP contribution in [0.15, 0.2) is 48.2 Å². The van der Waals surface area contributed by atoms with Crippen LogP contribution in [0, 0.1) is 0 Å². The molecule has 1 aliphatic rings. The van der Waals surface area contributed by atoms with Gasteiger partial charge in [0.05, 0.1) is 5.56 Å². The molecule has 1 atom stereocenters. The molecule has 5 nitrogen and oxygen atoms in total. The molecule has 2 aromatic rings. The molecule has 0 bridgehead atoms. The zero-order chi connectivity index (χ0) is 20.3. The maximum Gasteiger partial charge on any atom is 0.329 e. The van der Waals surface area contributed by atoms with E-state index in [1.165, 1.54) is 13.0 Å². The molecule has 0 spiro atoms. The Morgan fingerprint density at radius 2 is 1.86 bits per heavy atom. The summed E-state index contributed by atoms with van der Waals surface area (Å²) in [7, 11) is 0. The molecule has 146 valence electrons. The Bertz CT molecular complexity index is 915. The highest BCUT2D eigenvalue weighted by Crippen LogP contribution is 2.35. The molecule has 1 heterocycles. The zero-order valence-electron chi connectivity index (χ0n) is 16.1. The van der Waals surface area contributed by atoms with E-state index in [0.717, 1.165) is 24.3 Å². The number of alkyl halides is 1. The number of Topliss-reactive ketones (excluding diaryl/α,β-unsaturated/α-hetero) is 1. The smallest absolute Gasteiger partial charge is 0.329 e. The van der Waals surface area contributed by atoms with Gasteiger partial charge in [0.2, 0.25) is 5.78 Å². The van der Waals surface area contributed by atoms with Gasteiger partial charge in [0.1, 0.15) is 16.9 Å². The van der Waals surface area contributed by atoms with E-state index in [1.807, 2.05) is 24.3 Å². The lowest BCUT2D eigenvalue weighted by atomic mass is 10.1. The molecular formula is C22H22ClNO4. The first kappa shape index (κ1) is 20.0. The van der Waals surface area contributed by atoms with E-state index in [4.69, 9.17) is 21.1 Å². The van der Waals surface area contributed by atoms with Gasteiger partial charge in [-0.15, -0.1) is 11.6 Å². The Kier molecular flexibility index (Phi) is 6.05. The predicted molar refractivity (Wildman–Crippen MR) is 110 cm³/mol. The highest BCUT2D eigenvalue weighted by molar-refractivity contribution is 6.29. The average molecular weight is 400 g/mol. The minimum absolute atomic E-state index is 0.202. The van der Waals surface area contributed by atoms with Crippen LogP contribution in [-0.4, -0.2) is 30.2 Å². The van der Waals surface area contributed by atoms with Gasteiger partial charge >= 0.3 is 5.97 Å². The standard InChI is InChI=1S/C22H22ClNO4/c1-4-24(5-2)16-8-6-15(7-9-16)12-20-21(25)18-11-10-17(13-19(18)28-20)27-22(26)14(3)23/h6-14H,4-5H2,1-3H3/b20-12-. The number of ketones is 1. The van der Waals surface area contributed by atoms with Crippen molar-refractivity contribution in [3.63, 3.8) is 0 Å². The first-order valence-corrected chi connectivity index (χ1v) is 9.65. The summed E-state index contributed by atoms with van der Waals surface area (Å²) in [4.78, 5) is 26.4. The first-order chi connectivity index (χ1) is 13.4. The summed E-state index contributed by atoms with van der Waals surface area (Å²) in [5, 5.41) is -0.759. The van der Waals surface area contributed by atoms with Crippen LogP contribution in [0.4, 0.5) is 5.69 Å². The van der Waals surface area contributed by atoms with Crippen molar-refractivity contribution in [1.82, 2.24) is 0 Å². The summed E-state index contributed by atoms with van der Waals surface area (Å²) >= 11 is 5.71. The molecule has 1 unspecified atom stereocenters. The number of anilines is 1. The zero-order valence-corrected chi connectivity index (χ0v) is 16.8. The third-order valence-electron chi connectivity index (χ3n) is 4.50. The number of esters is 1. The van der Waals surface area contributed by atoms with E-state index in [0.29, 0.717) is 11.3 Å². The number of ether oxygens (including phenoxy) is 2. The van der Waals surface area contributed by atoms with Gasteiger partial charge in [0.15, 0.2) is 5.76 Å². The third-order valence-corrected chi connectivity index (χ3v) is 4.68. The Balaban J connectivity index is 1.78. The third kappa shape index (κ3) is 4.20. The van der Waals surface area contributed by atoms with Gasteiger partial charge in [0.25, 0.3) is 0 Å². The number of hydrogen-bond donors (Lipinski definition) is 0. The topological polar surface area (TPSA) is 55.8 Å². The second kappa shape index (κ2) is 8.48. The molecule has 1 aliphatic heterocycles. The minimum atomic E-state index is -0.759. The number of halogens is 1. The van der Waals surface area contributed by atoms with Crippen molar-refractivity contribution in [2.45, 2.75) is 26.1 Å². The normalized spacial score (nSPS) is 15.1. The van der Waals surface area contributed by atoms with Crippen molar-refractivity contribution in [1.29, 1.82) is 0 Å². The fourth-order valence-corrected chi connectivity index (χ4v) is 2.99. The predicted octanol–water partition coefficient (Wildman–Crippen LogP) is 4.68. The molecular weight excluding hydrogens is 378 g/mol. The summed E-state index contributed by atoms with van der Waals surface area (Å²) in [5.41, 5.74) is 2.44. The summed E-state index contributed by atoms with van der Waals surface area (Å²) in [6.07, 6.45) is 1.71. The van der Waals surface area contributed by atoms with Crippen molar-refractivity contribution in [3.05, 3.63) is 59.4 Å². The van der Waals surface area contributed by atoms with Crippen molar-refractivity contribution in [2.24, 2.45) is 0 Å². The lowest BCUT2D eigenvalue weighted by Gasteiger charge is -2.20. The number of carbonyl (C=O) groups excluding carboxylic acids is 2. The van der Waals surface area contributed by atoms with Crippen LogP contribution >= 0.6 is 11.6 Å². The van der Waals surface area contributed by atoms with Crippen LogP contribution in [0.25, 0.3) is 6.08 Å². The Hall–Kier alpha value is -2.79. The van der Waals surface area contributed by atoms with Crippen molar-refractivity contribution >= 4 is 35.1 Å². The number of benzene rings is 2. The second-order valence-electron chi connectivity index (χ2n) is 6.40. The van der Waals surface area contributed by atoms with Crippen molar-refractivity contribution < 1.29 is 19.1 Å². The molecule has 0 saturated carbocycles. The fraction of sp³-hybridized carbons (Fsp3) is 0.273. The number of fused-ring (bicyclic) bond motifs is 1. The van der Waals surface area contributed by atoms with Crippen LogP contribution in [0.1, 0.15) is 36.7 Å². The average Bonchev–Trinajstić information content (AvgIpc) is 2.99. The van der Waals surface area contributed by atoms with E-state index in [9.17, 15) is 9.59 Å². The summed E-state index contributed by atoms with van der Waals surface area (Å²) in [6, 6.07) is 12.6. The largest absolute Gasteiger partial charge is 0.452 e. The Labute approximate surface area is 169 Å². The molecule has 0 fully saturated rings. The maximum absolute atomic E-state index is 12.6. The van der Waals surface area contributed by atoms with Crippen LogP contribution in [0.3, 0.4) is 0 Å². The minimum Gasteiger partial charge on any atom is -0.452 e. The molecule has 0 saturated heterocycles. The van der Waals surface area contributed by atoms with Crippen molar-refractivity contribution in [3.8, 4) is 11.5 Å². The van der Waals surface area contributed by atoms with Gasteiger partial charge in [-0.1, -0.05) is 12.1 Å². The SMILES string of the molecule is CCN(CC)c1ccc(/C=C2\Oc3cc(OC(=O)C(C)Cl)ccc3C2=O)cc1. The van der Waals surface area contributed by atoms with E-state index >= 15 is 0 Å². The van der Waals surface area contributed by atoms with Crippen LogP contribution in [-0.2, 0) is 4.79 Å². The highest BCUT2D eigenvalue weighted by Gasteiger charge is 2.28. The molecule has 0 aromatic heterocycles. The van der Waals surface area contributed by atoms with E-state index in [1.54, 1.807) is 18.2 Å². The van der Waals surface area contributed by atoms with Gasteiger partial charge in [0, 0.05) is 24.8 Å². The van der Waals surface area contributed by atoms with E-state index in [2.05, 4.69) is 18.7 Å². The van der Waals surface area contributed by atoms with E-state index in [-0.39, 0.29) is 17.3 Å². The number of allylic oxidation sites excluding steroid dienone is 1. The summed E-state index contributed by atoms with van der Waals surface area (Å²) < 4.78 is 10.9. The summed E-state index contributed by atoms with van der Waals surface area (Å²) in [6.45, 7) is 7.62. The highest BCUT2D eigenvalue weighted by atomic mass is 35.5. The molecule has 0 N–H and O–H groups in total. The van der Waals surface area contributed by atoms with Gasteiger partial charge in [-0.2, -0.15) is 0 Å². The van der Waals surface area contributed by atoms with Gasteiger partial charge in [-0.25, -0.2) is 0 Å². The van der Waals surface area contributed by atoms with Crippen LogP contribution in [0.2, 0.25) is 0 Å². The van der Waals surface area contributed by atoms with Gasteiger partial charge in [-0.3, -0.25) is 9.59 Å². The van der Waals surface area contributed by atoms with Gasteiger partial charge in [-0.05, 0) is 56.7 Å². The number of rotatable bonds is 6. The van der Waals surface area contributed by atoms with Crippen molar-refractivity contribution in [2.75, 3.05) is 18.0 Å². The van der Waals surface area contributed by atoms with Crippen LogP contribution in [0.5, 0.6) is 11.5 Å². The lowest BCUT2D eigenvalue weighted by Crippen LogP contribution is -2.21. The monoisotopic (exact) mass is 399 g/mol. The van der Waals surface area contributed by atoms with Crippen LogP contribution < -0.4 is 14.4 Å². The molecule has 28 heavy (non-hydrogen) atoms. The lowest BCUT2D eigenvalue weighted by molar-refractivity contribution is -0.133.